The first-order chi connectivity index (χ1) is 9.28. The highest BCUT2D eigenvalue weighted by atomic mass is 32.2. The molecule has 1 N–H and O–H groups in total. The van der Waals surface area contributed by atoms with Crippen LogP contribution in [0.25, 0.3) is 0 Å². The molecule has 0 aliphatic carbocycles. The van der Waals surface area contributed by atoms with Gasteiger partial charge in [-0.15, -0.1) is 0 Å². The van der Waals surface area contributed by atoms with Crippen molar-refractivity contribution >= 4 is 11.8 Å². The van der Waals surface area contributed by atoms with Crippen molar-refractivity contribution in [2.75, 3.05) is 39.9 Å². The topological polar surface area (TPSA) is 39.7 Å². The van der Waals surface area contributed by atoms with Crippen LogP contribution in [0.4, 0.5) is 0 Å². The molecule has 5 heteroatoms. The Bertz CT molecular complexity index is 385. The number of methoxy groups -OCH3 is 3. The van der Waals surface area contributed by atoms with E-state index in [4.69, 9.17) is 14.2 Å². The highest BCUT2D eigenvalue weighted by Gasteiger charge is 2.15. The minimum atomic E-state index is 0.647. The van der Waals surface area contributed by atoms with E-state index < -0.39 is 0 Å². The van der Waals surface area contributed by atoms with Crippen molar-refractivity contribution in [2.24, 2.45) is 0 Å². The van der Waals surface area contributed by atoms with Crippen LogP contribution < -0.4 is 19.5 Å². The molecular weight excluding hydrogens is 262 g/mol. The highest BCUT2D eigenvalue weighted by molar-refractivity contribution is 7.98. The number of hydrogen-bond donors (Lipinski definition) is 1. The van der Waals surface area contributed by atoms with E-state index in [9.17, 15) is 0 Å². The van der Waals surface area contributed by atoms with Crippen LogP contribution in [-0.4, -0.2) is 39.9 Å². The maximum atomic E-state index is 5.44. The Hall–Kier alpha value is -1.07. The molecule has 0 atom stereocenters. The predicted molar refractivity (Wildman–Crippen MR) is 80.8 cm³/mol. The van der Waals surface area contributed by atoms with Gasteiger partial charge in [0.15, 0.2) is 11.5 Å². The quantitative estimate of drug-likeness (QED) is 0.706. The normalized spacial score (nSPS) is 10.3. The maximum Gasteiger partial charge on any atom is 0.203 e. The van der Waals surface area contributed by atoms with Crippen LogP contribution in [0, 0.1) is 0 Å². The molecule has 0 saturated carbocycles. The Morgan fingerprint density at radius 1 is 1.05 bits per heavy atom. The lowest BCUT2D eigenvalue weighted by atomic mass is 10.1. The summed E-state index contributed by atoms with van der Waals surface area (Å²) in [6, 6.07) is 3.90. The lowest BCUT2D eigenvalue weighted by Gasteiger charge is -2.16. The number of benzene rings is 1. The van der Waals surface area contributed by atoms with Gasteiger partial charge >= 0.3 is 0 Å². The minimum Gasteiger partial charge on any atom is -0.493 e. The van der Waals surface area contributed by atoms with Crippen molar-refractivity contribution in [2.45, 2.75) is 13.0 Å². The second-order valence-electron chi connectivity index (χ2n) is 4.02. The summed E-state index contributed by atoms with van der Waals surface area (Å²) >= 11 is 1.87. The van der Waals surface area contributed by atoms with E-state index in [2.05, 4.69) is 11.6 Å². The molecule has 1 rings (SSSR count). The Kier molecular flexibility index (Phi) is 7.52. The van der Waals surface area contributed by atoms with E-state index in [0.717, 1.165) is 30.8 Å². The van der Waals surface area contributed by atoms with Gasteiger partial charge in [0, 0.05) is 12.1 Å². The van der Waals surface area contributed by atoms with Gasteiger partial charge in [-0.25, -0.2) is 0 Å². The molecule has 0 unspecified atom stereocenters. The Morgan fingerprint density at radius 2 is 1.79 bits per heavy atom. The number of nitrogens with one attached hydrogen (secondary N) is 1. The molecule has 1 aromatic rings. The first-order valence-electron chi connectivity index (χ1n) is 6.26. The van der Waals surface area contributed by atoms with Crippen LogP contribution in [0.5, 0.6) is 17.2 Å². The summed E-state index contributed by atoms with van der Waals surface area (Å²) in [5.41, 5.74) is 1.07. The SMILES string of the molecule is COc1ccc(CNCCCSC)c(OC)c1OC. The molecule has 0 aliphatic rings. The molecule has 0 saturated heterocycles. The highest BCUT2D eigenvalue weighted by Crippen LogP contribution is 2.39. The minimum absolute atomic E-state index is 0.647. The summed E-state index contributed by atoms with van der Waals surface area (Å²) in [4.78, 5) is 0. The number of ether oxygens (including phenoxy) is 3. The van der Waals surface area contributed by atoms with E-state index in [1.165, 1.54) is 5.75 Å². The lowest BCUT2D eigenvalue weighted by molar-refractivity contribution is 0.321. The van der Waals surface area contributed by atoms with Crippen molar-refractivity contribution in [3.8, 4) is 17.2 Å². The van der Waals surface area contributed by atoms with Crippen LogP contribution in [0.15, 0.2) is 12.1 Å². The second-order valence-corrected chi connectivity index (χ2v) is 5.00. The average Bonchev–Trinajstić information content (AvgIpc) is 2.45. The van der Waals surface area contributed by atoms with E-state index in [1.54, 1.807) is 21.3 Å². The zero-order valence-corrected chi connectivity index (χ0v) is 12.9. The zero-order valence-electron chi connectivity index (χ0n) is 12.1. The predicted octanol–water partition coefficient (Wildman–Crippen LogP) is 2.56. The van der Waals surface area contributed by atoms with Gasteiger partial charge in [0.25, 0.3) is 0 Å². The van der Waals surface area contributed by atoms with Crippen molar-refractivity contribution < 1.29 is 14.2 Å². The number of rotatable bonds is 9. The molecule has 19 heavy (non-hydrogen) atoms. The summed E-state index contributed by atoms with van der Waals surface area (Å²) in [6.07, 6.45) is 3.29. The second kappa shape index (κ2) is 8.93. The van der Waals surface area contributed by atoms with Crippen LogP contribution in [0.1, 0.15) is 12.0 Å². The van der Waals surface area contributed by atoms with Crippen molar-refractivity contribution in [3.63, 3.8) is 0 Å². The molecule has 1 aromatic carbocycles. The van der Waals surface area contributed by atoms with Gasteiger partial charge in [-0.1, -0.05) is 6.07 Å². The van der Waals surface area contributed by atoms with E-state index in [0.29, 0.717) is 11.5 Å². The van der Waals surface area contributed by atoms with E-state index in [-0.39, 0.29) is 0 Å². The maximum absolute atomic E-state index is 5.44. The monoisotopic (exact) mass is 285 g/mol. The smallest absolute Gasteiger partial charge is 0.203 e. The third kappa shape index (κ3) is 4.51. The van der Waals surface area contributed by atoms with Gasteiger partial charge in [0.2, 0.25) is 5.75 Å². The summed E-state index contributed by atoms with van der Waals surface area (Å²) in [6.45, 7) is 1.76. The Balaban J connectivity index is 2.72. The van der Waals surface area contributed by atoms with Gasteiger partial charge in [0.05, 0.1) is 21.3 Å². The molecule has 0 bridgehead atoms. The molecule has 0 fully saturated rings. The van der Waals surface area contributed by atoms with Gasteiger partial charge in [0.1, 0.15) is 0 Å². The van der Waals surface area contributed by atoms with E-state index in [1.807, 2.05) is 23.9 Å². The molecule has 0 aromatic heterocycles. The fourth-order valence-electron chi connectivity index (χ4n) is 1.87. The molecule has 0 amide bonds. The van der Waals surface area contributed by atoms with Crippen LogP contribution >= 0.6 is 11.8 Å². The lowest BCUT2D eigenvalue weighted by Crippen LogP contribution is -2.16. The molecule has 0 heterocycles. The molecule has 0 spiro atoms. The summed E-state index contributed by atoms with van der Waals surface area (Å²) < 4.78 is 16.1. The van der Waals surface area contributed by atoms with Crippen molar-refractivity contribution in [1.29, 1.82) is 0 Å². The standard InChI is InChI=1S/C14H23NO3S/c1-16-12-7-6-11(10-15-8-5-9-19-4)13(17-2)14(12)18-3/h6-7,15H,5,8-10H2,1-4H3. The Labute approximate surface area is 119 Å². The van der Waals surface area contributed by atoms with Crippen LogP contribution in [0.3, 0.4) is 0 Å². The fraction of sp³-hybridized carbons (Fsp3) is 0.571. The first-order valence-corrected chi connectivity index (χ1v) is 7.65. The van der Waals surface area contributed by atoms with Gasteiger partial charge in [-0.3, -0.25) is 0 Å². The number of hydrogen-bond acceptors (Lipinski definition) is 5. The van der Waals surface area contributed by atoms with Crippen LogP contribution in [-0.2, 0) is 6.54 Å². The molecule has 0 aliphatic heterocycles. The van der Waals surface area contributed by atoms with Gasteiger partial charge in [-0.05, 0) is 31.0 Å². The van der Waals surface area contributed by atoms with Crippen molar-refractivity contribution in [3.05, 3.63) is 17.7 Å². The van der Waals surface area contributed by atoms with Crippen LogP contribution in [0.2, 0.25) is 0 Å². The summed E-state index contributed by atoms with van der Waals surface area (Å²) in [5.74, 6) is 3.24. The first kappa shape index (κ1) is 16.0. The van der Waals surface area contributed by atoms with E-state index >= 15 is 0 Å². The Morgan fingerprint density at radius 3 is 2.37 bits per heavy atom. The molecule has 4 nitrogen and oxygen atoms in total. The average molecular weight is 285 g/mol. The largest absolute Gasteiger partial charge is 0.493 e. The molecular formula is C14H23NO3S. The van der Waals surface area contributed by atoms with Crippen molar-refractivity contribution in [1.82, 2.24) is 5.32 Å². The van der Waals surface area contributed by atoms with Gasteiger partial charge < -0.3 is 19.5 Å². The summed E-state index contributed by atoms with van der Waals surface area (Å²) in [5, 5.41) is 3.41. The third-order valence-corrected chi connectivity index (χ3v) is 3.50. The zero-order chi connectivity index (χ0) is 14.1. The van der Waals surface area contributed by atoms with Gasteiger partial charge in [-0.2, -0.15) is 11.8 Å². The molecule has 0 radical (unpaired) electrons. The summed E-state index contributed by atoms with van der Waals surface area (Å²) in [7, 11) is 4.89. The number of thioether (sulfide) groups is 1. The molecule has 108 valence electrons. The fourth-order valence-corrected chi connectivity index (χ4v) is 2.30. The third-order valence-electron chi connectivity index (χ3n) is 2.80.